The van der Waals surface area contributed by atoms with Crippen LogP contribution in [-0.2, 0) is 28.0 Å². The van der Waals surface area contributed by atoms with Gasteiger partial charge in [0, 0.05) is 24.2 Å². The average molecular weight is 627 g/mol. The Kier molecular flexibility index (Phi) is 18.4. The minimum absolute atomic E-state index is 0.179. The molecular weight excluding hydrogens is 571 g/mol. The molecule has 0 saturated carbocycles. The molecule has 0 aromatic heterocycles. The number of rotatable bonds is 24. The van der Waals surface area contributed by atoms with Gasteiger partial charge in [0.05, 0.1) is 32.9 Å². The zero-order chi connectivity index (χ0) is 29.5. The fourth-order valence-corrected chi connectivity index (χ4v) is 24.6. The molecule has 0 fully saturated rings. The molecule has 38 heavy (non-hydrogen) atoms. The van der Waals surface area contributed by atoms with E-state index in [2.05, 4.69) is 33.7 Å². The number of ketones is 1. The number of quaternary nitrogens is 1. The van der Waals surface area contributed by atoms with Gasteiger partial charge in [-0.15, -0.1) is 0 Å². The molecule has 0 spiro atoms. The van der Waals surface area contributed by atoms with Crippen LogP contribution in [0.5, 0.6) is 0 Å². The van der Waals surface area contributed by atoms with Crippen molar-refractivity contribution in [3.63, 3.8) is 0 Å². The van der Waals surface area contributed by atoms with E-state index in [1.165, 1.54) is 0 Å². The van der Waals surface area contributed by atoms with E-state index in [0.717, 1.165) is 62.1 Å². The van der Waals surface area contributed by atoms with Crippen LogP contribution >= 0.6 is 0 Å². The lowest BCUT2D eigenvalue weighted by Crippen LogP contribution is -2.50. The summed E-state index contributed by atoms with van der Waals surface area (Å²) in [5.41, 5.74) is 1.27. The first-order valence-corrected chi connectivity index (χ1v) is 25.6. The number of unbranched alkanes of at least 4 members (excludes halogenated alkanes) is 4. The van der Waals surface area contributed by atoms with Crippen LogP contribution in [0.2, 0.25) is 49.1 Å². The summed E-state index contributed by atoms with van der Waals surface area (Å²) in [6.07, 6.45) is 6.99. The van der Waals surface area contributed by atoms with Gasteiger partial charge in [0.25, 0.3) is 27.5 Å². The first-order chi connectivity index (χ1) is 17.4. The number of hydrogen-bond donors (Lipinski definition) is 1. The Morgan fingerprint density at radius 3 is 1.74 bits per heavy atom. The third kappa shape index (κ3) is 20.8. The molecule has 0 aromatic rings. The molecule has 0 aliphatic heterocycles. The molecule has 0 saturated heterocycles. The van der Waals surface area contributed by atoms with Crippen molar-refractivity contribution < 1.29 is 35.3 Å². The summed E-state index contributed by atoms with van der Waals surface area (Å²) in [6, 6.07) is 2.20. The highest BCUT2D eigenvalue weighted by Gasteiger charge is 2.42. The predicted molar refractivity (Wildman–Crippen MR) is 163 cm³/mol. The third-order valence-corrected chi connectivity index (χ3v) is 23.0. The number of nitrogens with zero attached hydrogens (tertiary/aromatic N) is 1. The quantitative estimate of drug-likeness (QED) is 0.0624. The van der Waals surface area contributed by atoms with Gasteiger partial charge in [-0.1, -0.05) is 20.3 Å². The van der Waals surface area contributed by atoms with Gasteiger partial charge in [-0.2, -0.15) is 8.42 Å². The Balaban J connectivity index is 4.51. The Bertz CT molecular complexity index is 827. The lowest BCUT2D eigenvalue weighted by molar-refractivity contribution is -0.890. The summed E-state index contributed by atoms with van der Waals surface area (Å²) < 4.78 is 63.3. The minimum atomic E-state index is -3.87. The maximum atomic E-state index is 12.6. The molecule has 0 unspecified atom stereocenters. The second kappa shape index (κ2) is 18.4. The van der Waals surface area contributed by atoms with Crippen molar-refractivity contribution in [2.24, 2.45) is 0 Å². The first-order valence-electron chi connectivity index (χ1n) is 14.4. The molecule has 0 bridgehead atoms. The van der Waals surface area contributed by atoms with Crippen LogP contribution in [0.1, 0.15) is 71.6 Å². The fraction of sp³-hybridized carbons (Fsp3) is 0.960. The van der Waals surface area contributed by atoms with Crippen molar-refractivity contribution >= 4 is 49.9 Å². The molecule has 0 aliphatic rings. The molecule has 8 nitrogen and oxygen atoms in total. The molecule has 224 valence electrons. The molecule has 0 aliphatic carbocycles. The van der Waals surface area contributed by atoms with Gasteiger partial charge in [-0.05, 0) is 76.3 Å². The van der Waals surface area contributed by atoms with E-state index in [1.54, 1.807) is 0 Å². The first kappa shape index (κ1) is 38.0. The average Bonchev–Trinajstić information content (AvgIpc) is 2.77. The van der Waals surface area contributed by atoms with Crippen LogP contribution in [0.25, 0.3) is 0 Å². The fourth-order valence-electron chi connectivity index (χ4n) is 4.85. The van der Waals surface area contributed by atoms with Crippen LogP contribution < -0.4 is 0 Å². The van der Waals surface area contributed by atoms with E-state index >= 15 is 0 Å². The Morgan fingerprint density at radius 2 is 1.29 bits per heavy atom. The summed E-state index contributed by atoms with van der Waals surface area (Å²) in [4.78, 5) is 12.5. The van der Waals surface area contributed by atoms with E-state index < -0.39 is 44.1 Å². The normalized spacial score (nSPS) is 13.1. The van der Waals surface area contributed by atoms with Gasteiger partial charge >= 0.3 is 0 Å². The predicted octanol–water partition coefficient (Wildman–Crippen LogP) is 5.79. The van der Waals surface area contributed by atoms with Crippen LogP contribution in [-0.4, -0.2) is 90.2 Å². The van der Waals surface area contributed by atoms with Gasteiger partial charge < -0.3 is 17.5 Å². The highest BCUT2D eigenvalue weighted by atomic mass is 32.2. The number of hydrogen-bond acceptors (Lipinski definition) is 6. The summed E-state index contributed by atoms with van der Waals surface area (Å²) >= 11 is 0. The van der Waals surface area contributed by atoms with Gasteiger partial charge in [0.1, 0.15) is 5.78 Å². The monoisotopic (exact) mass is 626 g/mol. The topological polar surface area (TPSA) is 115 Å². The van der Waals surface area contributed by atoms with Crippen molar-refractivity contribution in [3.8, 4) is 0 Å². The van der Waals surface area contributed by atoms with Crippen LogP contribution in [0.4, 0.5) is 0 Å². The van der Waals surface area contributed by atoms with E-state index in [0.29, 0.717) is 48.5 Å². The van der Waals surface area contributed by atoms with E-state index in [1.807, 2.05) is 13.8 Å². The second-order valence-electron chi connectivity index (χ2n) is 12.5. The van der Waals surface area contributed by atoms with E-state index in [4.69, 9.17) is 8.67 Å². The summed E-state index contributed by atoms with van der Waals surface area (Å²) in [6.45, 7) is 12.2. The lowest BCUT2D eigenvalue weighted by atomic mass is 10.1. The molecule has 0 heterocycles. The van der Waals surface area contributed by atoms with E-state index in [9.17, 15) is 22.1 Å². The molecule has 1 N–H and O–H groups in total. The summed E-state index contributed by atoms with van der Waals surface area (Å²) in [5, 5.41) is 0. The number of carbonyl (C=O) groups excluding carboxylic acids is 1. The zero-order valence-corrected chi connectivity index (χ0v) is 30.1. The smallest absolute Gasteiger partial charge is 0.275 e. The van der Waals surface area contributed by atoms with Gasteiger partial charge in [-0.25, -0.2) is 0 Å². The van der Waals surface area contributed by atoms with Crippen molar-refractivity contribution in [1.82, 2.24) is 0 Å². The maximum Gasteiger partial charge on any atom is 0.275 e. The number of carbonyl (C=O) groups is 1. The molecule has 0 rings (SSSR count). The highest BCUT2D eigenvalue weighted by Crippen LogP contribution is 2.30. The zero-order valence-electron chi connectivity index (χ0n) is 25.3. The Morgan fingerprint density at radius 1 is 0.816 bits per heavy atom. The van der Waals surface area contributed by atoms with Crippen molar-refractivity contribution in [3.05, 3.63) is 0 Å². The molecule has 0 amide bonds. The molecular formula is C25H56NO7SSi4+. The van der Waals surface area contributed by atoms with Crippen molar-refractivity contribution in [2.45, 2.75) is 121 Å². The van der Waals surface area contributed by atoms with Crippen LogP contribution in [0, 0.1) is 0 Å². The van der Waals surface area contributed by atoms with Gasteiger partial charge in [0.15, 0.2) is 16.6 Å². The van der Waals surface area contributed by atoms with Crippen molar-refractivity contribution in [1.29, 1.82) is 0 Å². The van der Waals surface area contributed by atoms with Gasteiger partial charge in [-0.3, -0.25) is 9.35 Å². The highest BCUT2D eigenvalue weighted by molar-refractivity contribution is 7.85. The van der Waals surface area contributed by atoms with Crippen molar-refractivity contribution in [2.75, 3.05) is 32.9 Å². The molecule has 13 heteroatoms. The summed E-state index contributed by atoms with van der Waals surface area (Å²) in [5.74, 6) is 0.119. The van der Waals surface area contributed by atoms with E-state index in [-0.39, 0.29) is 5.75 Å². The summed E-state index contributed by atoms with van der Waals surface area (Å²) in [7, 11) is -7.31. The lowest BCUT2D eigenvalue weighted by Gasteiger charge is -2.37. The molecule has 0 aromatic carbocycles. The minimum Gasteiger partial charge on any atom is -0.455 e. The molecule has 0 radical (unpaired) electrons. The second-order valence-corrected chi connectivity index (χ2v) is 28.3. The molecule has 0 atom stereocenters. The Hall–Kier alpha value is -0.0325. The largest absolute Gasteiger partial charge is 0.455 e. The standard InChI is InChI=1S/C25H55NO7SSi4/c1-8-35(31)23-38(24-36(32)9-2,33-37(5,6)7)22-16-12-18-25(27)17-11-10-13-19-26(3,4)20-14-15-21-34(28,29)30/h8-24H2,1-7H3/p+1. The van der Waals surface area contributed by atoms with Crippen LogP contribution in [0.3, 0.4) is 0 Å². The SMILES string of the molecule is CC[Si](=O)C[Si](CCCCC(=O)CCCCC[N+](C)(C)CCCCS(=O)(=O)O)(C[Si](=O)CC)O[Si](C)(C)C. The van der Waals surface area contributed by atoms with Crippen LogP contribution in [0.15, 0.2) is 0 Å². The third-order valence-electron chi connectivity index (χ3n) is 6.82. The number of Topliss-reactive ketones (excluding diaryl/α,β-unsaturated/α-hetero) is 1. The Labute approximate surface area is 238 Å². The van der Waals surface area contributed by atoms with Gasteiger partial charge in [0.2, 0.25) is 0 Å². The maximum absolute atomic E-state index is 12.6.